The number of hydrogen-bond acceptors (Lipinski definition) is 8. The number of anilines is 1. The summed E-state index contributed by atoms with van der Waals surface area (Å²) in [6.07, 6.45) is -1.87. The quantitative estimate of drug-likeness (QED) is 0.453. The topological polar surface area (TPSA) is 146 Å². The number of aliphatic hydroxyl groups excluding tert-OH is 3. The predicted molar refractivity (Wildman–Crippen MR) is 74.7 cm³/mol. The molecule has 0 aliphatic carbocycles. The number of hydrogen-bond donors (Lipinski definition) is 5. The van der Waals surface area contributed by atoms with Gasteiger partial charge in [-0.25, -0.2) is 9.50 Å². The number of nitrogens with two attached hydrogens (primary N) is 1. The molecule has 0 bridgehead atoms. The lowest BCUT2D eigenvalue weighted by Crippen LogP contribution is -2.43. The van der Waals surface area contributed by atoms with Gasteiger partial charge in [0, 0.05) is 5.56 Å². The van der Waals surface area contributed by atoms with E-state index in [1.165, 1.54) is 17.8 Å². The maximum atomic E-state index is 10.6. The first-order valence-corrected chi connectivity index (χ1v) is 6.80. The predicted octanol–water partition coefficient (Wildman–Crippen LogP) is -1.65. The minimum atomic E-state index is -1.63. The zero-order chi connectivity index (χ0) is 16.1. The Morgan fingerprint density at radius 1 is 1.45 bits per heavy atom. The molecule has 1 aliphatic rings. The second-order valence-electron chi connectivity index (χ2n) is 5.57. The van der Waals surface area contributed by atoms with Crippen LogP contribution in [0.4, 0.5) is 5.82 Å². The van der Waals surface area contributed by atoms with E-state index in [9.17, 15) is 20.4 Å². The Morgan fingerprint density at radius 2 is 2.18 bits per heavy atom. The van der Waals surface area contributed by atoms with Crippen LogP contribution in [0.3, 0.4) is 0 Å². The van der Waals surface area contributed by atoms with E-state index in [0.717, 1.165) is 0 Å². The molecule has 0 saturated carbocycles. The van der Waals surface area contributed by atoms with Crippen molar-refractivity contribution in [1.29, 1.82) is 0 Å². The molecule has 9 nitrogen and oxygen atoms in total. The minimum Gasteiger partial charge on any atom is -0.394 e. The lowest BCUT2D eigenvalue weighted by molar-refractivity contribution is -0.0664. The van der Waals surface area contributed by atoms with Crippen LogP contribution in [-0.2, 0) is 11.3 Å². The molecule has 0 radical (unpaired) electrons. The Kier molecular flexibility index (Phi) is 3.54. The lowest BCUT2D eigenvalue weighted by atomic mass is 9.91. The van der Waals surface area contributed by atoms with E-state index >= 15 is 0 Å². The summed E-state index contributed by atoms with van der Waals surface area (Å²) in [5.74, 6) is 0.183. The van der Waals surface area contributed by atoms with Crippen LogP contribution in [0.1, 0.15) is 24.3 Å². The smallest absolute Gasteiger partial charge is 0.151 e. The minimum absolute atomic E-state index is 0.183. The SMILES string of the molecule is C[C@@]1(O)[C@H](O)[C@@H](CO)O[C@H]1c1cc(CO)c2c(N)ncnn12. The van der Waals surface area contributed by atoms with Crippen molar-refractivity contribution in [3.8, 4) is 0 Å². The summed E-state index contributed by atoms with van der Waals surface area (Å²) < 4.78 is 6.99. The van der Waals surface area contributed by atoms with E-state index in [4.69, 9.17) is 10.5 Å². The van der Waals surface area contributed by atoms with Gasteiger partial charge in [0.1, 0.15) is 35.8 Å². The molecule has 4 atom stereocenters. The number of rotatable bonds is 3. The first-order valence-electron chi connectivity index (χ1n) is 6.80. The van der Waals surface area contributed by atoms with E-state index in [-0.39, 0.29) is 12.4 Å². The first kappa shape index (κ1) is 15.1. The van der Waals surface area contributed by atoms with E-state index in [0.29, 0.717) is 16.8 Å². The third-order valence-corrected chi connectivity index (χ3v) is 4.10. The summed E-state index contributed by atoms with van der Waals surface area (Å²) in [7, 11) is 0. The van der Waals surface area contributed by atoms with Gasteiger partial charge in [-0.3, -0.25) is 0 Å². The van der Waals surface area contributed by atoms with E-state index in [1.807, 2.05) is 0 Å². The van der Waals surface area contributed by atoms with Crippen molar-refractivity contribution in [1.82, 2.24) is 14.6 Å². The molecule has 1 aliphatic heterocycles. The Labute approximate surface area is 125 Å². The summed E-state index contributed by atoms with van der Waals surface area (Å²) >= 11 is 0. The van der Waals surface area contributed by atoms with Gasteiger partial charge in [-0.1, -0.05) is 0 Å². The molecule has 1 fully saturated rings. The molecule has 3 heterocycles. The Morgan fingerprint density at radius 3 is 2.77 bits per heavy atom. The number of ether oxygens (including phenoxy) is 1. The van der Waals surface area contributed by atoms with Gasteiger partial charge >= 0.3 is 0 Å². The largest absolute Gasteiger partial charge is 0.394 e. The maximum absolute atomic E-state index is 10.6. The van der Waals surface area contributed by atoms with Crippen molar-refractivity contribution in [3.63, 3.8) is 0 Å². The molecule has 22 heavy (non-hydrogen) atoms. The molecular formula is C13H18N4O5. The molecule has 2 aromatic rings. The van der Waals surface area contributed by atoms with Gasteiger partial charge in [-0.2, -0.15) is 5.10 Å². The van der Waals surface area contributed by atoms with Crippen molar-refractivity contribution in [3.05, 3.63) is 23.7 Å². The second-order valence-corrected chi connectivity index (χ2v) is 5.57. The number of aromatic nitrogens is 3. The Balaban J connectivity index is 2.17. The van der Waals surface area contributed by atoms with E-state index in [2.05, 4.69) is 10.1 Å². The molecule has 0 amide bonds. The molecular weight excluding hydrogens is 292 g/mol. The molecule has 9 heteroatoms. The second kappa shape index (κ2) is 5.14. The van der Waals surface area contributed by atoms with Gasteiger partial charge in [0.15, 0.2) is 5.82 Å². The number of nitrogen functional groups attached to an aromatic ring is 1. The Hall–Kier alpha value is -1.78. The van der Waals surface area contributed by atoms with Crippen molar-refractivity contribution >= 4 is 11.3 Å². The third-order valence-electron chi connectivity index (χ3n) is 4.10. The molecule has 1 saturated heterocycles. The number of nitrogens with zero attached hydrogens (tertiary/aromatic N) is 3. The van der Waals surface area contributed by atoms with Gasteiger partial charge in [0.05, 0.1) is 18.9 Å². The van der Waals surface area contributed by atoms with Gasteiger partial charge in [0.25, 0.3) is 0 Å². The molecule has 3 rings (SSSR count). The van der Waals surface area contributed by atoms with Crippen molar-refractivity contribution in [2.75, 3.05) is 12.3 Å². The maximum Gasteiger partial charge on any atom is 0.151 e. The van der Waals surface area contributed by atoms with Crippen LogP contribution < -0.4 is 5.73 Å². The van der Waals surface area contributed by atoms with Crippen LogP contribution in [0.5, 0.6) is 0 Å². The summed E-state index contributed by atoms with van der Waals surface area (Å²) in [5.41, 5.74) is 5.50. The fourth-order valence-electron chi connectivity index (χ4n) is 2.91. The van der Waals surface area contributed by atoms with Gasteiger partial charge in [-0.05, 0) is 13.0 Å². The Bertz CT molecular complexity index is 701. The summed E-state index contributed by atoms with van der Waals surface area (Å²) in [5, 5.41) is 43.4. The zero-order valence-electron chi connectivity index (χ0n) is 11.9. The average Bonchev–Trinajstić information content (AvgIpc) is 2.97. The fourth-order valence-corrected chi connectivity index (χ4v) is 2.91. The number of fused-ring (bicyclic) bond motifs is 1. The molecule has 0 spiro atoms. The molecule has 0 aromatic carbocycles. The highest BCUT2D eigenvalue weighted by molar-refractivity contribution is 5.71. The van der Waals surface area contributed by atoms with Gasteiger partial charge in [-0.15, -0.1) is 0 Å². The highest BCUT2D eigenvalue weighted by Crippen LogP contribution is 2.42. The van der Waals surface area contributed by atoms with Gasteiger partial charge in [0.2, 0.25) is 0 Å². The number of aliphatic hydroxyl groups is 4. The first-order chi connectivity index (χ1) is 10.4. The van der Waals surface area contributed by atoms with Crippen LogP contribution in [0.2, 0.25) is 0 Å². The zero-order valence-corrected chi connectivity index (χ0v) is 11.9. The molecule has 6 N–H and O–H groups in total. The van der Waals surface area contributed by atoms with Crippen molar-refractivity contribution < 1.29 is 25.2 Å². The van der Waals surface area contributed by atoms with E-state index < -0.39 is 30.5 Å². The lowest BCUT2D eigenvalue weighted by Gasteiger charge is -2.26. The average molecular weight is 310 g/mol. The third kappa shape index (κ3) is 1.98. The molecule has 120 valence electrons. The molecule has 2 aromatic heterocycles. The fraction of sp³-hybridized carbons (Fsp3) is 0.538. The highest BCUT2D eigenvalue weighted by atomic mass is 16.6. The highest BCUT2D eigenvalue weighted by Gasteiger charge is 2.53. The normalized spacial score (nSPS) is 32.0. The van der Waals surface area contributed by atoms with Gasteiger partial charge < -0.3 is 30.9 Å². The summed E-state index contributed by atoms with van der Waals surface area (Å²) in [6, 6.07) is 1.59. The van der Waals surface area contributed by atoms with Crippen molar-refractivity contribution in [2.24, 2.45) is 0 Å². The monoisotopic (exact) mass is 310 g/mol. The van der Waals surface area contributed by atoms with Crippen LogP contribution in [0.15, 0.2) is 12.4 Å². The van der Waals surface area contributed by atoms with E-state index in [1.54, 1.807) is 6.07 Å². The summed E-state index contributed by atoms with van der Waals surface area (Å²) in [6.45, 7) is 0.698. The standard InChI is InChI=1S/C13H18N4O5/c1-13(21)10(20)8(4-19)22-11(13)7-2-6(3-18)9-12(14)15-5-16-17(7)9/h2,5,8,10-11,18-21H,3-4H2,1H3,(H2,14,15,16)/t8-,10-,11+,13-/m1/s1. The van der Waals surface area contributed by atoms with Crippen LogP contribution in [0, 0.1) is 0 Å². The summed E-state index contributed by atoms with van der Waals surface area (Å²) in [4.78, 5) is 3.88. The van der Waals surface area contributed by atoms with Crippen LogP contribution in [0.25, 0.3) is 5.52 Å². The van der Waals surface area contributed by atoms with Crippen LogP contribution >= 0.6 is 0 Å². The van der Waals surface area contributed by atoms with Crippen LogP contribution in [-0.4, -0.2) is 59.4 Å². The van der Waals surface area contributed by atoms with Crippen molar-refractivity contribution in [2.45, 2.75) is 37.4 Å². The molecule has 0 unspecified atom stereocenters.